The van der Waals surface area contributed by atoms with Crippen molar-refractivity contribution in [3.05, 3.63) is 36.5 Å². The van der Waals surface area contributed by atoms with Crippen LogP contribution in [0, 0.1) is 5.92 Å². The molecule has 0 aliphatic heterocycles. The van der Waals surface area contributed by atoms with Gasteiger partial charge in [-0.15, -0.1) is 0 Å². The molecule has 1 aromatic heterocycles. The second-order valence-electron chi connectivity index (χ2n) is 4.77. The third-order valence-electron chi connectivity index (χ3n) is 3.11. The Kier molecular flexibility index (Phi) is 4.57. The largest absolute Gasteiger partial charge is 0.493 e. The van der Waals surface area contributed by atoms with Crippen LogP contribution in [-0.2, 0) is 10.0 Å². The molecule has 2 N–H and O–H groups in total. The fourth-order valence-electron chi connectivity index (χ4n) is 1.96. The number of fused-ring (bicyclic) bond motifs is 1. The van der Waals surface area contributed by atoms with Gasteiger partial charge in [0.05, 0.1) is 17.9 Å². The molecule has 0 aliphatic rings. The van der Waals surface area contributed by atoms with Crippen LogP contribution in [0.3, 0.4) is 0 Å². The number of ether oxygens (including phenoxy) is 1. The van der Waals surface area contributed by atoms with Crippen molar-refractivity contribution in [2.24, 2.45) is 11.1 Å². The molecule has 0 spiro atoms. The van der Waals surface area contributed by atoms with Crippen LogP contribution in [0.1, 0.15) is 13.3 Å². The fraction of sp³-hybridized carbons (Fsp3) is 0.357. The monoisotopic (exact) mass is 294 g/mol. The van der Waals surface area contributed by atoms with Crippen molar-refractivity contribution in [1.82, 2.24) is 4.98 Å². The maximum Gasteiger partial charge on any atom is 0.209 e. The van der Waals surface area contributed by atoms with Gasteiger partial charge in [-0.1, -0.05) is 13.0 Å². The normalized spacial score (nSPS) is 13.3. The quantitative estimate of drug-likeness (QED) is 0.882. The van der Waals surface area contributed by atoms with Crippen molar-refractivity contribution < 1.29 is 13.2 Å². The van der Waals surface area contributed by atoms with Gasteiger partial charge in [0.15, 0.2) is 0 Å². The van der Waals surface area contributed by atoms with Gasteiger partial charge in [-0.05, 0) is 24.6 Å². The average molecular weight is 294 g/mol. The van der Waals surface area contributed by atoms with Crippen LogP contribution in [-0.4, -0.2) is 25.8 Å². The molecule has 0 radical (unpaired) electrons. The lowest BCUT2D eigenvalue weighted by molar-refractivity contribution is 0.258. The topological polar surface area (TPSA) is 82.3 Å². The lowest BCUT2D eigenvalue weighted by atomic mass is 10.1. The first-order chi connectivity index (χ1) is 9.48. The van der Waals surface area contributed by atoms with E-state index in [1.54, 1.807) is 6.20 Å². The lowest BCUT2D eigenvalue weighted by Gasteiger charge is -2.15. The number of nitrogens with two attached hydrogens (primary N) is 1. The molecule has 2 rings (SSSR count). The maximum atomic E-state index is 11.1. The Balaban J connectivity index is 2.04. The van der Waals surface area contributed by atoms with Crippen molar-refractivity contribution in [3.63, 3.8) is 0 Å². The average Bonchev–Trinajstić information content (AvgIpc) is 2.42. The Bertz CT molecular complexity index is 686. The predicted molar refractivity (Wildman–Crippen MR) is 79.0 cm³/mol. The number of benzene rings is 1. The van der Waals surface area contributed by atoms with Gasteiger partial charge in [0, 0.05) is 23.6 Å². The van der Waals surface area contributed by atoms with E-state index < -0.39 is 10.0 Å². The summed E-state index contributed by atoms with van der Waals surface area (Å²) in [6, 6.07) is 9.48. The first-order valence-corrected chi connectivity index (χ1v) is 8.17. The number of rotatable bonds is 6. The maximum absolute atomic E-state index is 11.1. The van der Waals surface area contributed by atoms with E-state index in [1.165, 1.54) is 0 Å². The molecule has 1 unspecified atom stereocenters. The lowest BCUT2D eigenvalue weighted by Crippen LogP contribution is -2.26. The Morgan fingerprint density at radius 1 is 1.35 bits per heavy atom. The highest BCUT2D eigenvalue weighted by Gasteiger charge is 2.15. The number of sulfonamides is 1. The van der Waals surface area contributed by atoms with Crippen molar-refractivity contribution in [1.29, 1.82) is 0 Å². The summed E-state index contributed by atoms with van der Waals surface area (Å²) >= 11 is 0. The number of primary sulfonamides is 1. The molecule has 6 heteroatoms. The molecular formula is C14H18N2O3S. The first-order valence-electron chi connectivity index (χ1n) is 6.46. The molecule has 0 saturated carbocycles. The van der Waals surface area contributed by atoms with Gasteiger partial charge in [0.25, 0.3) is 0 Å². The summed E-state index contributed by atoms with van der Waals surface area (Å²) in [6.45, 7) is 2.24. The van der Waals surface area contributed by atoms with E-state index in [9.17, 15) is 8.42 Å². The molecule has 0 saturated heterocycles. The van der Waals surface area contributed by atoms with E-state index in [0.29, 0.717) is 18.8 Å². The van der Waals surface area contributed by atoms with E-state index in [0.717, 1.165) is 10.9 Å². The van der Waals surface area contributed by atoms with Gasteiger partial charge in [-0.2, -0.15) is 0 Å². The van der Waals surface area contributed by atoms with Crippen molar-refractivity contribution in [2.45, 2.75) is 13.3 Å². The summed E-state index contributed by atoms with van der Waals surface area (Å²) in [5.41, 5.74) is 0.851. The smallest absolute Gasteiger partial charge is 0.209 e. The molecule has 2 aromatic rings. The Hall–Kier alpha value is -1.66. The Morgan fingerprint density at radius 2 is 2.15 bits per heavy atom. The third-order valence-corrected chi connectivity index (χ3v) is 4.04. The summed E-state index contributed by atoms with van der Waals surface area (Å²) in [4.78, 5) is 4.25. The minimum atomic E-state index is -3.47. The third kappa shape index (κ3) is 4.18. The summed E-state index contributed by atoms with van der Waals surface area (Å²) in [5.74, 6) is 0.517. The van der Waals surface area contributed by atoms with Crippen LogP contribution in [0.5, 0.6) is 5.75 Å². The molecule has 0 amide bonds. The molecular weight excluding hydrogens is 276 g/mol. The van der Waals surface area contributed by atoms with Crippen molar-refractivity contribution >= 4 is 20.9 Å². The van der Waals surface area contributed by atoms with Crippen LogP contribution in [0.2, 0.25) is 0 Å². The van der Waals surface area contributed by atoms with Crippen molar-refractivity contribution in [2.75, 3.05) is 12.4 Å². The SMILES string of the molecule is CCC(COc1ccc2cccnc2c1)CS(N)(=O)=O. The number of pyridine rings is 1. The molecule has 20 heavy (non-hydrogen) atoms. The zero-order valence-electron chi connectivity index (χ0n) is 11.3. The Morgan fingerprint density at radius 3 is 2.85 bits per heavy atom. The number of hydrogen-bond donors (Lipinski definition) is 1. The highest BCUT2D eigenvalue weighted by molar-refractivity contribution is 7.89. The molecule has 5 nitrogen and oxygen atoms in total. The highest BCUT2D eigenvalue weighted by Crippen LogP contribution is 2.19. The minimum Gasteiger partial charge on any atom is -0.493 e. The van der Waals surface area contributed by atoms with Crippen LogP contribution >= 0.6 is 0 Å². The fourth-order valence-corrected chi connectivity index (χ4v) is 2.95. The zero-order chi connectivity index (χ0) is 14.6. The van der Waals surface area contributed by atoms with Gasteiger partial charge in [-0.25, -0.2) is 13.6 Å². The van der Waals surface area contributed by atoms with E-state index >= 15 is 0 Å². The van der Waals surface area contributed by atoms with Crippen molar-refractivity contribution in [3.8, 4) is 5.75 Å². The van der Waals surface area contributed by atoms with Crippen LogP contribution in [0.4, 0.5) is 0 Å². The molecule has 1 heterocycles. The van der Waals surface area contributed by atoms with Crippen LogP contribution in [0.25, 0.3) is 10.9 Å². The predicted octanol–water partition coefficient (Wildman–Crippen LogP) is 1.93. The van der Waals surface area contributed by atoms with Crippen LogP contribution in [0.15, 0.2) is 36.5 Å². The van der Waals surface area contributed by atoms with Crippen LogP contribution < -0.4 is 9.88 Å². The van der Waals surface area contributed by atoms with Gasteiger partial charge in [0.2, 0.25) is 10.0 Å². The molecule has 1 atom stereocenters. The van der Waals surface area contributed by atoms with E-state index in [1.807, 2.05) is 37.3 Å². The van der Waals surface area contributed by atoms with Gasteiger partial charge < -0.3 is 4.74 Å². The molecule has 0 bridgehead atoms. The Labute approximate surface area is 118 Å². The summed E-state index contributed by atoms with van der Waals surface area (Å²) in [5, 5.41) is 6.10. The number of aromatic nitrogens is 1. The summed E-state index contributed by atoms with van der Waals surface area (Å²) in [6.07, 6.45) is 2.42. The van der Waals surface area contributed by atoms with E-state index in [2.05, 4.69) is 4.98 Å². The molecule has 0 aliphatic carbocycles. The van der Waals surface area contributed by atoms with E-state index in [-0.39, 0.29) is 11.7 Å². The summed E-state index contributed by atoms with van der Waals surface area (Å²) < 4.78 is 27.9. The zero-order valence-corrected chi connectivity index (χ0v) is 12.1. The highest BCUT2D eigenvalue weighted by atomic mass is 32.2. The number of nitrogens with zero attached hydrogens (tertiary/aromatic N) is 1. The molecule has 1 aromatic carbocycles. The van der Waals surface area contributed by atoms with Gasteiger partial charge in [0.1, 0.15) is 5.75 Å². The molecule has 108 valence electrons. The van der Waals surface area contributed by atoms with E-state index in [4.69, 9.17) is 9.88 Å². The second-order valence-corrected chi connectivity index (χ2v) is 6.43. The van der Waals surface area contributed by atoms with Gasteiger partial charge >= 0.3 is 0 Å². The first kappa shape index (κ1) is 14.7. The van der Waals surface area contributed by atoms with Gasteiger partial charge in [-0.3, -0.25) is 4.98 Å². The minimum absolute atomic E-state index is 0.0602. The summed E-state index contributed by atoms with van der Waals surface area (Å²) in [7, 11) is -3.47. The second kappa shape index (κ2) is 6.19. The molecule has 0 fully saturated rings. The standard InChI is InChI=1S/C14H18N2O3S/c1-2-11(10-20(15,17)18)9-19-13-6-5-12-4-3-7-16-14(12)8-13/h3-8,11H,2,9-10H2,1H3,(H2,15,17,18). The number of hydrogen-bond acceptors (Lipinski definition) is 4.